The van der Waals surface area contributed by atoms with Gasteiger partial charge in [-0.05, 0) is 48.9 Å². The molecule has 5 rings (SSSR count). The molecule has 4 aromatic rings. The van der Waals surface area contributed by atoms with Crippen molar-refractivity contribution in [2.75, 3.05) is 24.9 Å². The molecule has 0 saturated carbocycles. The van der Waals surface area contributed by atoms with Crippen molar-refractivity contribution in [3.8, 4) is 0 Å². The van der Waals surface area contributed by atoms with Crippen LogP contribution >= 0.6 is 0 Å². The number of para-hydroxylation sites is 1. The number of anilines is 1. The summed E-state index contributed by atoms with van der Waals surface area (Å²) in [7, 11) is 0.198. The third-order valence-corrected chi connectivity index (χ3v) is 6.63. The summed E-state index contributed by atoms with van der Waals surface area (Å²) in [5.74, 6) is 0.452. The number of thiol groups is 1. The van der Waals surface area contributed by atoms with Gasteiger partial charge < -0.3 is 9.47 Å². The zero-order valence-corrected chi connectivity index (χ0v) is 20.2. The molecule has 0 aliphatic carbocycles. The van der Waals surface area contributed by atoms with Gasteiger partial charge in [0, 0.05) is 60.3 Å². The van der Waals surface area contributed by atoms with Crippen molar-refractivity contribution < 1.29 is 13.5 Å². The molecule has 1 radical (unpaired) electrons. The summed E-state index contributed by atoms with van der Waals surface area (Å²) in [5.41, 5.74) is 3.92. The molecule has 1 aliphatic heterocycles. The van der Waals surface area contributed by atoms with E-state index in [0.29, 0.717) is 11.6 Å². The van der Waals surface area contributed by atoms with Crippen molar-refractivity contribution in [1.82, 2.24) is 14.5 Å². The van der Waals surface area contributed by atoms with Gasteiger partial charge in [-0.1, -0.05) is 30.3 Å². The number of aryl methyl sites for hydroxylation is 1. The summed E-state index contributed by atoms with van der Waals surface area (Å²) in [6, 6.07) is 15.8. The molecule has 0 spiro atoms. The smallest absolute Gasteiger partial charge is 0.222 e. The van der Waals surface area contributed by atoms with Crippen LogP contribution in [0, 0.1) is 0 Å². The molecule has 1 aliphatic rings. The standard InChI is InChI=1S/C25H26N4O2S.CH3O/c1-28-16-22-21-4-2-3-5-24(21)26-25(23(22)17-28)19-11-14-29(15-12-19)13-10-18-6-8-20(9-7-18)27-32(30)31;1-2/h2-10,13,16-17,19,32H,11-12,14-15H2,1H3,(H,27,30,31);1H3. The van der Waals surface area contributed by atoms with Gasteiger partial charge in [-0.25, -0.2) is 13.5 Å². The Hall–Kier alpha value is -3.36. The molecule has 34 heavy (non-hydrogen) atoms. The lowest BCUT2D eigenvalue weighted by Gasteiger charge is -2.31. The molecule has 0 unspecified atom stereocenters. The summed E-state index contributed by atoms with van der Waals surface area (Å²) >= 11 is 0. The topological polar surface area (TPSA) is 87.1 Å². The average molecular weight is 478 g/mol. The molecule has 3 heterocycles. The molecular formula is C26H29N4O3S. The first-order valence-electron chi connectivity index (χ1n) is 11.3. The molecule has 177 valence electrons. The van der Waals surface area contributed by atoms with Gasteiger partial charge in [0.15, 0.2) is 0 Å². The van der Waals surface area contributed by atoms with Crippen molar-refractivity contribution in [3.63, 3.8) is 0 Å². The van der Waals surface area contributed by atoms with E-state index in [-0.39, 0.29) is 0 Å². The van der Waals surface area contributed by atoms with Crippen molar-refractivity contribution in [1.29, 1.82) is 0 Å². The Morgan fingerprint density at radius 3 is 2.32 bits per heavy atom. The summed E-state index contributed by atoms with van der Waals surface area (Å²) < 4.78 is 26.0. The van der Waals surface area contributed by atoms with Crippen LogP contribution in [0.25, 0.3) is 27.8 Å². The van der Waals surface area contributed by atoms with Gasteiger partial charge in [-0.15, -0.1) is 0 Å². The number of hydrogen-bond acceptors (Lipinski definition) is 4. The Balaban J connectivity index is 0.00000133. The zero-order valence-electron chi connectivity index (χ0n) is 19.3. The van der Waals surface area contributed by atoms with E-state index in [9.17, 15) is 8.42 Å². The largest absolute Gasteiger partial charge is 0.377 e. The van der Waals surface area contributed by atoms with E-state index in [4.69, 9.17) is 10.1 Å². The highest BCUT2D eigenvalue weighted by Crippen LogP contribution is 2.35. The normalized spacial score (nSPS) is 14.6. The molecule has 8 heteroatoms. The van der Waals surface area contributed by atoms with Gasteiger partial charge in [0.05, 0.1) is 18.3 Å². The molecule has 2 aromatic heterocycles. The number of nitrogens with one attached hydrogen (secondary N) is 1. The number of piperidine rings is 1. The number of likely N-dealkylation sites (tertiary alicyclic amines) is 1. The highest BCUT2D eigenvalue weighted by atomic mass is 32.2. The van der Waals surface area contributed by atoms with E-state index < -0.39 is 10.9 Å². The van der Waals surface area contributed by atoms with E-state index in [1.54, 1.807) is 12.1 Å². The summed E-state index contributed by atoms with van der Waals surface area (Å²) in [5, 5.41) is 12.0. The zero-order chi connectivity index (χ0) is 24.1. The Kier molecular flexibility index (Phi) is 7.49. The van der Waals surface area contributed by atoms with Crippen LogP contribution in [0.5, 0.6) is 0 Å². The third-order valence-electron chi connectivity index (χ3n) is 6.19. The van der Waals surface area contributed by atoms with Crippen LogP contribution in [0.15, 0.2) is 67.1 Å². The van der Waals surface area contributed by atoms with E-state index >= 15 is 0 Å². The van der Waals surface area contributed by atoms with Crippen LogP contribution in [0.3, 0.4) is 0 Å². The van der Waals surface area contributed by atoms with Crippen LogP contribution in [0.4, 0.5) is 5.69 Å². The first-order chi connectivity index (χ1) is 16.6. The second-order valence-electron chi connectivity index (χ2n) is 8.38. The van der Waals surface area contributed by atoms with Crippen molar-refractivity contribution in [3.05, 3.63) is 78.4 Å². The van der Waals surface area contributed by atoms with Crippen LogP contribution in [0.2, 0.25) is 0 Å². The van der Waals surface area contributed by atoms with Crippen molar-refractivity contribution in [2.45, 2.75) is 18.8 Å². The highest BCUT2D eigenvalue weighted by molar-refractivity contribution is 7.73. The molecule has 7 nitrogen and oxygen atoms in total. The quantitative estimate of drug-likeness (QED) is 0.413. The molecule has 0 amide bonds. The summed E-state index contributed by atoms with van der Waals surface area (Å²) in [4.78, 5) is 7.44. The summed E-state index contributed by atoms with van der Waals surface area (Å²) in [6.45, 7) is 1.97. The fourth-order valence-corrected chi connectivity index (χ4v) is 4.95. The van der Waals surface area contributed by atoms with E-state index in [1.165, 1.54) is 21.9 Å². The number of aromatic nitrogens is 2. The minimum Gasteiger partial charge on any atom is -0.377 e. The van der Waals surface area contributed by atoms with Crippen molar-refractivity contribution in [2.24, 2.45) is 7.05 Å². The van der Waals surface area contributed by atoms with E-state index in [0.717, 1.165) is 44.1 Å². The van der Waals surface area contributed by atoms with Crippen LogP contribution < -0.4 is 4.72 Å². The minimum absolute atomic E-state index is 0.452. The lowest BCUT2D eigenvalue weighted by Crippen LogP contribution is -2.28. The van der Waals surface area contributed by atoms with Crippen LogP contribution in [0.1, 0.15) is 30.0 Å². The highest BCUT2D eigenvalue weighted by Gasteiger charge is 2.23. The number of fused-ring (bicyclic) bond motifs is 3. The van der Waals surface area contributed by atoms with Crippen molar-refractivity contribution >= 4 is 44.3 Å². The fourth-order valence-electron chi connectivity index (χ4n) is 4.59. The first kappa shape index (κ1) is 23.8. The number of pyridine rings is 1. The van der Waals surface area contributed by atoms with Gasteiger partial charge in [-0.2, -0.15) is 0 Å². The predicted octanol–water partition coefficient (Wildman–Crippen LogP) is 4.56. The number of hydrogen-bond donors (Lipinski definition) is 2. The fraction of sp³-hybridized carbons (Fsp3) is 0.269. The van der Waals surface area contributed by atoms with Gasteiger partial charge in [0.25, 0.3) is 0 Å². The number of rotatable bonds is 5. The average Bonchev–Trinajstić information content (AvgIpc) is 3.26. The van der Waals surface area contributed by atoms with Crippen LogP contribution in [-0.2, 0) is 23.0 Å². The second-order valence-corrected chi connectivity index (χ2v) is 9.12. The number of benzene rings is 2. The Labute approximate surface area is 201 Å². The molecular weight excluding hydrogens is 448 g/mol. The molecule has 0 atom stereocenters. The lowest BCUT2D eigenvalue weighted by atomic mass is 9.90. The van der Waals surface area contributed by atoms with Gasteiger partial charge in [0.1, 0.15) is 0 Å². The lowest BCUT2D eigenvalue weighted by molar-refractivity contribution is 0.282. The van der Waals surface area contributed by atoms with Gasteiger partial charge in [-0.3, -0.25) is 9.71 Å². The Morgan fingerprint density at radius 1 is 0.941 bits per heavy atom. The van der Waals surface area contributed by atoms with Gasteiger partial charge in [0.2, 0.25) is 10.9 Å². The third kappa shape index (κ3) is 5.24. The Bertz CT molecular complexity index is 1360. The number of nitrogens with zero attached hydrogens (tertiary/aromatic N) is 3. The van der Waals surface area contributed by atoms with Gasteiger partial charge >= 0.3 is 0 Å². The minimum atomic E-state index is -2.63. The summed E-state index contributed by atoms with van der Waals surface area (Å²) in [6.07, 6.45) is 10.8. The maximum absolute atomic E-state index is 10.8. The Morgan fingerprint density at radius 2 is 1.62 bits per heavy atom. The maximum Gasteiger partial charge on any atom is 0.222 e. The predicted molar refractivity (Wildman–Crippen MR) is 138 cm³/mol. The monoisotopic (exact) mass is 477 g/mol. The first-order valence-corrected chi connectivity index (χ1v) is 12.4. The molecule has 2 aromatic carbocycles. The SMILES string of the molecule is C[O].Cn1cc2c(C3CCN(C=Cc4ccc(N[SH](=O)=O)cc4)CC3)nc3ccccc3c2c1. The van der Waals surface area contributed by atoms with Crippen LogP contribution in [-0.4, -0.2) is 43.1 Å². The van der Waals surface area contributed by atoms with E-state index in [1.807, 2.05) is 12.1 Å². The molecule has 0 bridgehead atoms. The maximum atomic E-state index is 10.8. The molecule has 1 fully saturated rings. The van der Waals surface area contributed by atoms with E-state index in [2.05, 4.69) is 70.2 Å². The second kappa shape index (κ2) is 10.7. The molecule has 1 N–H and O–H groups in total. The molecule has 1 saturated heterocycles.